The zero-order valence-corrected chi connectivity index (χ0v) is 12.9. The van der Waals surface area contributed by atoms with Crippen molar-refractivity contribution >= 4 is 11.9 Å². The van der Waals surface area contributed by atoms with Crippen LogP contribution in [-0.4, -0.2) is 43.1 Å². The predicted molar refractivity (Wildman–Crippen MR) is 79.6 cm³/mol. The van der Waals surface area contributed by atoms with Gasteiger partial charge in [0.1, 0.15) is 6.10 Å². The number of ether oxygens (including phenoxy) is 2. The van der Waals surface area contributed by atoms with Gasteiger partial charge < -0.3 is 14.4 Å². The molecule has 0 saturated carbocycles. The molecule has 0 N–H and O–H groups in total. The van der Waals surface area contributed by atoms with E-state index in [1.54, 1.807) is 20.9 Å². The second-order valence-electron chi connectivity index (χ2n) is 4.75. The van der Waals surface area contributed by atoms with Gasteiger partial charge in [-0.3, -0.25) is 9.59 Å². The molecule has 0 aliphatic rings. The van der Waals surface area contributed by atoms with E-state index >= 15 is 0 Å². The van der Waals surface area contributed by atoms with Crippen LogP contribution in [-0.2, 0) is 25.7 Å². The minimum atomic E-state index is -0.544. The van der Waals surface area contributed by atoms with Crippen molar-refractivity contribution in [3.63, 3.8) is 0 Å². The van der Waals surface area contributed by atoms with Gasteiger partial charge in [0, 0.05) is 13.6 Å². The summed E-state index contributed by atoms with van der Waals surface area (Å²) < 4.78 is 10.4. The highest BCUT2D eigenvalue weighted by Gasteiger charge is 2.18. The second kappa shape index (κ2) is 9.13. The van der Waals surface area contributed by atoms with Crippen molar-refractivity contribution in [1.82, 2.24) is 4.90 Å². The molecular weight excluding hydrogens is 270 g/mol. The molecule has 0 aromatic heterocycles. The van der Waals surface area contributed by atoms with E-state index in [2.05, 4.69) is 0 Å². The maximum absolute atomic E-state index is 12.1. The van der Waals surface area contributed by atoms with Gasteiger partial charge in [-0.2, -0.15) is 0 Å². The van der Waals surface area contributed by atoms with Gasteiger partial charge in [0.2, 0.25) is 0 Å². The molecule has 1 atom stereocenters. The highest BCUT2D eigenvalue weighted by Crippen LogP contribution is 2.05. The van der Waals surface area contributed by atoms with E-state index in [4.69, 9.17) is 9.47 Å². The van der Waals surface area contributed by atoms with Crippen LogP contribution >= 0.6 is 0 Å². The first kappa shape index (κ1) is 17.2. The highest BCUT2D eigenvalue weighted by molar-refractivity contribution is 5.80. The van der Waals surface area contributed by atoms with Crippen LogP contribution in [0.2, 0.25) is 0 Å². The lowest BCUT2D eigenvalue weighted by molar-refractivity contribution is -0.146. The number of hydrogen-bond acceptors (Lipinski definition) is 4. The van der Waals surface area contributed by atoms with Gasteiger partial charge in [-0.1, -0.05) is 30.3 Å². The lowest BCUT2D eigenvalue weighted by Gasteiger charge is -2.21. The third-order valence-corrected chi connectivity index (χ3v) is 3.02. The van der Waals surface area contributed by atoms with Crippen molar-refractivity contribution in [3.8, 4) is 0 Å². The summed E-state index contributed by atoms with van der Waals surface area (Å²) in [6.45, 7) is 4.54. The van der Waals surface area contributed by atoms with E-state index in [0.29, 0.717) is 19.8 Å². The maximum atomic E-state index is 12.1. The number of nitrogens with zero attached hydrogens (tertiary/aromatic N) is 1. The molecule has 1 amide bonds. The Morgan fingerprint density at radius 3 is 2.52 bits per heavy atom. The van der Waals surface area contributed by atoms with Gasteiger partial charge in [0.25, 0.3) is 5.91 Å². The molecule has 0 bridgehead atoms. The average Bonchev–Trinajstić information content (AvgIpc) is 2.50. The molecular formula is C16H23NO4. The zero-order valence-electron chi connectivity index (χ0n) is 12.9. The van der Waals surface area contributed by atoms with Crippen molar-refractivity contribution in [2.24, 2.45) is 0 Å². The second-order valence-corrected chi connectivity index (χ2v) is 4.75. The first-order valence-corrected chi connectivity index (χ1v) is 7.10. The van der Waals surface area contributed by atoms with Gasteiger partial charge in [-0.05, 0) is 19.4 Å². The molecule has 0 aliphatic heterocycles. The number of esters is 1. The van der Waals surface area contributed by atoms with Crippen LogP contribution in [0.15, 0.2) is 30.3 Å². The van der Waals surface area contributed by atoms with Crippen molar-refractivity contribution in [2.75, 3.05) is 20.2 Å². The molecule has 1 unspecified atom stereocenters. The normalized spacial score (nSPS) is 11.8. The molecule has 0 fully saturated rings. The molecule has 1 aromatic carbocycles. The zero-order chi connectivity index (χ0) is 15.7. The lowest BCUT2D eigenvalue weighted by Crippen LogP contribution is -2.37. The highest BCUT2D eigenvalue weighted by atomic mass is 16.5. The Labute approximate surface area is 125 Å². The van der Waals surface area contributed by atoms with Gasteiger partial charge >= 0.3 is 5.97 Å². The summed E-state index contributed by atoms with van der Waals surface area (Å²) in [6, 6.07) is 9.68. The monoisotopic (exact) mass is 293 g/mol. The first-order valence-electron chi connectivity index (χ1n) is 7.10. The summed E-state index contributed by atoms with van der Waals surface area (Å²) >= 11 is 0. The molecule has 0 saturated heterocycles. The van der Waals surface area contributed by atoms with Crippen LogP contribution in [0.25, 0.3) is 0 Å². The molecule has 1 aromatic rings. The van der Waals surface area contributed by atoms with Gasteiger partial charge in [0.15, 0.2) is 0 Å². The minimum Gasteiger partial charge on any atom is -0.466 e. The largest absolute Gasteiger partial charge is 0.466 e. The predicted octanol–water partition coefficient (Wildman–Crippen LogP) is 2.00. The molecule has 0 spiro atoms. The SMILES string of the molecule is CCOC(=O)CCN(C)C(=O)C(C)OCc1ccccc1. The Kier molecular flexibility index (Phi) is 7.46. The average molecular weight is 293 g/mol. The molecule has 0 radical (unpaired) electrons. The molecule has 5 nitrogen and oxygen atoms in total. The molecule has 116 valence electrons. The summed E-state index contributed by atoms with van der Waals surface area (Å²) in [7, 11) is 1.66. The Morgan fingerprint density at radius 2 is 1.90 bits per heavy atom. The van der Waals surface area contributed by atoms with Gasteiger partial charge in [-0.25, -0.2) is 0 Å². The van der Waals surface area contributed by atoms with E-state index in [0.717, 1.165) is 5.56 Å². The van der Waals surface area contributed by atoms with E-state index in [9.17, 15) is 9.59 Å². The van der Waals surface area contributed by atoms with Crippen LogP contribution in [0.4, 0.5) is 0 Å². The smallest absolute Gasteiger partial charge is 0.307 e. The first-order chi connectivity index (χ1) is 10.0. The Balaban J connectivity index is 2.34. The third-order valence-electron chi connectivity index (χ3n) is 3.02. The number of amides is 1. The number of carbonyl (C=O) groups is 2. The standard InChI is InChI=1S/C16H23NO4/c1-4-20-15(18)10-11-17(3)16(19)13(2)21-12-14-8-6-5-7-9-14/h5-9,13H,4,10-12H2,1-3H3. The van der Waals surface area contributed by atoms with Crippen molar-refractivity contribution < 1.29 is 19.1 Å². The molecule has 1 rings (SSSR count). The number of likely N-dealkylation sites (N-methyl/N-ethyl adjacent to an activating group) is 1. The quantitative estimate of drug-likeness (QED) is 0.688. The topological polar surface area (TPSA) is 55.8 Å². The maximum Gasteiger partial charge on any atom is 0.307 e. The van der Waals surface area contributed by atoms with Gasteiger partial charge in [-0.15, -0.1) is 0 Å². The summed E-state index contributed by atoms with van der Waals surface area (Å²) in [5, 5.41) is 0. The fourth-order valence-corrected chi connectivity index (χ4v) is 1.78. The fourth-order valence-electron chi connectivity index (χ4n) is 1.78. The van der Waals surface area contributed by atoms with Crippen LogP contribution in [0, 0.1) is 0 Å². The molecule has 21 heavy (non-hydrogen) atoms. The summed E-state index contributed by atoms with van der Waals surface area (Å²) in [5.74, 6) is -0.440. The van der Waals surface area contributed by atoms with Crippen LogP contribution < -0.4 is 0 Å². The summed E-state index contributed by atoms with van der Waals surface area (Å²) in [4.78, 5) is 24.8. The third kappa shape index (κ3) is 6.40. The van der Waals surface area contributed by atoms with Crippen molar-refractivity contribution in [3.05, 3.63) is 35.9 Å². The van der Waals surface area contributed by atoms with E-state index in [1.807, 2.05) is 30.3 Å². The van der Waals surface area contributed by atoms with Crippen molar-refractivity contribution in [2.45, 2.75) is 33.0 Å². The van der Waals surface area contributed by atoms with Gasteiger partial charge in [0.05, 0.1) is 19.6 Å². The number of rotatable bonds is 8. The Hall–Kier alpha value is -1.88. The number of hydrogen-bond donors (Lipinski definition) is 0. The van der Waals surface area contributed by atoms with E-state index in [-0.39, 0.29) is 18.3 Å². The van der Waals surface area contributed by atoms with Crippen LogP contribution in [0.5, 0.6) is 0 Å². The molecule has 5 heteroatoms. The summed E-state index contributed by atoms with van der Waals surface area (Å²) in [5.41, 5.74) is 1.02. The minimum absolute atomic E-state index is 0.143. The van der Waals surface area contributed by atoms with E-state index < -0.39 is 6.10 Å². The molecule has 0 heterocycles. The summed E-state index contributed by atoms with van der Waals surface area (Å²) in [6.07, 6.45) is -0.348. The molecule has 0 aliphatic carbocycles. The van der Waals surface area contributed by atoms with E-state index in [1.165, 1.54) is 4.90 Å². The Bertz CT molecular complexity index is 447. The van der Waals surface area contributed by atoms with Crippen LogP contribution in [0.3, 0.4) is 0 Å². The van der Waals surface area contributed by atoms with Crippen molar-refractivity contribution in [1.29, 1.82) is 0 Å². The Morgan fingerprint density at radius 1 is 1.24 bits per heavy atom. The lowest BCUT2D eigenvalue weighted by atomic mass is 10.2. The van der Waals surface area contributed by atoms with Crippen LogP contribution in [0.1, 0.15) is 25.8 Å². The number of benzene rings is 1. The fraction of sp³-hybridized carbons (Fsp3) is 0.500. The number of carbonyl (C=O) groups excluding carboxylic acids is 2.